The van der Waals surface area contributed by atoms with Crippen LogP contribution in [0, 0.1) is 0 Å². The normalized spacial score (nSPS) is 12.2. The average molecular weight is 408 g/mol. The Hall–Kier alpha value is -3.10. The van der Waals surface area contributed by atoms with E-state index in [0.717, 1.165) is 11.0 Å². The van der Waals surface area contributed by atoms with E-state index < -0.39 is 6.36 Å². The number of alkyl halides is 3. The van der Waals surface area contributed by atoms with Crippen molar-refractivity contribution in [2.75, 3.05) is 17.7 Å². The van der Waals surface area contributed by atoms with Gasteiger partial charge in [-0.25, -0.2) is 4.98 Å². The van der Waals surface area contributed by atoms with Crippen LogP contribution < -0.4 is 20.5 Å². The average Bonchev–Trinajstić information content (AvgIpc) is 2.89. The van der Waals surface area contributed by atoms with Crippen LogP contribution in [0.1, 0.15) is 20.8 Å². The maximum atomic E-state index is 12.2. The van der Waals surface area contributed by atoms with Gasteiger partial charge in [-0.1, -0.05) is 0 Å². The lowest BCUT2D eigenvalue weighted by atomic mass is 10.1. The summed E-state index contributed by atoms with van der Waals surface area (Å²) in [4.78, 5) is 4.62. The molecule has 0 unspecified atom stereocenters. The third-order valence-electron chi connectivity index (χ3n) is 3.90. The quantitative estimate of drug-likeness (QED) is 0.573. The van der Waals surface area contributed by atoms with Crippen molar-refractivity contribution in [3.8, 4) is 11.5 Å². The van der Waals surface area contributed by atoms with Gasteiger partial charge in [-0.15, -0.1) is 13.2 Å². The number of nitrogen functional groups attached to an aromatic ring is 1. The molecule has 0 saturated heterocycles. The van der Waals surface area contributed by atoms with E-state index in [1.54, 1.807) is 6.07 Å². The number of nitrogens with one attached hydrogen (secondary N) is 1. The number of hydrogen-bond donors (Lipinski definition) is 2. The van der Waals surface area contributed by atoms with Crippen molar-refractivity contribution in [3.63, 3.8) is 0 Å². The lowest BCUT2D eigenvalue weighted by Gasteiger charge is -2.22. The van der Waals surface area contributed by atoms with Gasteiger partial charge in [0.15, 0.2) is 0 Å². The van der Waals surface area contributed by atoms with Crippen molar-refractivity contribution in [1.29, 1.82) is 0 Å². The molecule has 156 valence electrons. The largest absolute Gasteiger partial charge is 0.573 e. The van der Waals surface area contributed by atoms with Crippen LogP contribution in [0.4, 0.5) is 24.8 Å². The van der Waals surface area contributed by atoms with Gasteiger partial charge in [-0.2, -0.15) is 0 Å². The lowest BCUT2D eigenvalue weighted by Crippen LogP contribution is -2.28. The number of hydrogen-bond acceptors (Lipinski definition) is 5. The Morgan fingerprint density at radius 3 is 2.31 bits per heavy atom. The van der Waals surface area contributed by atoms with Crippen molar-refractivity contribution >= 4 is 22.7 Å². The van der Waals surface area contributed by atoms with Gasteiger partial charge < -0.3 is 25.1 Å². The Morgan fingerprint density at radius 1 is 1.03 bits per heavy atom. The van der Waals surface area contributed by atoms with E-state index in [1.165, 1.54) is 24.3 Å². The first-order chi connectivity index (χ1) is 13.5. The number of ether oxygens (including phenoxy) is 2. The summed E-state index contributed by atoms with van der Waals surface area (Å²) >= 11 is 0. The minimum atomic E-state index is -4.72. The van der Waals surface area contributed by atoms with Crippen LogP contribution in [0.25, 0.3) is 11.0 Å². The van der Waals surface area contributed by atoms with Gasteiger partial charge in [-0.3, -0.25) is 0 Å². The van der Waals surface area contributed by atoms with Gasteiger partial charge in [0.25, 0.3) is 0 Å². The summed E-state index contributed by atoms with van der Waals surface area (Å²) in [5, 5.41) is 3.37. The SMILES string of the molecule is CC(C)(C)Nc1nc2cc(N)ccc2n1CCOc1ccc(OC(F)(F)F)cc1. The molecule has 0 atom stereocenters. The standard InChI is InChI=1S/C20H23F3N4O2/c1-19(2,3)26-18-25-16-12-13(24)4-9-17(16)27(18)10-11-28-14-5-7-15(8-6-14)29-20(21,22)23/h4-9,12H,10-11,24H2,1-3H3,(H,25,26). The number of nitrogens with zero attached hydrogens (tertiary/aromatic N) is 2. The van der Waals surface area contributed by atoms with Crippen LogP contribution in [0.3, 0.4) is 0 Å². The summed E-state index contributed by atoms with van der Waals surface area (Å²) in [6, 6.07) is 10.8. The molecule has 0 radical (unpaired) electrons. The van der Waals surface area contributed by atoms with E-state index >= 15 is 0 Å². The highest BCUT2D eigenvalue weighted by Crippen LogP contribution is 2.26. The molecule has 0 aliphatic rings. The fraction of sp³-hybridized carbons (Fsp3) is 0.350. The highest BCUT2D eigenvalue weighted by Gasteiger charge is 2.31. The predicted octanol–water partition coefficient (Wildman–Crippen LogP) is 4.81. The van der Waals surface area contributed by atoms with Crippen LogP contribution in [0.15, 0.2) is 42.5 Å². The topological polar surface area (TPSA) is 74.3 Å². The van der Waals surface area contributed by atoms with Crippen LogP contribution in [0.5, 0.6) is 11.5 Å². The highest BCUT2D eigenvalue weighted by atomic mass is 19.4. The van der Waals surface area contributed by atoms with E-state index in [9.17, 15) is 13.2 Å². The van der Waals surface area contributed by atoms with E-state index in [4.69, 9.17) is 10.5 Å². The second-order valence-electron chi connectivity index (χ2n) is 7.58. The molecule has 0 bridgehead atoms. The van der Waals surface area contributed by atoms with E-state index in [1.807, 2.05) is 37.5 Å². The number of rotatable bonds is 6. The molecule has 3 rings (SSSR count). The van der Waals surface area contributed by atoms with Gasteiger partial charge in [0.1, 0.15) is 18.1 Å². The minimum Gasteiger partial charge on any atom is -0.492 e. The number of imidazole rings is 1. The second kappa shape index (κ2) is 7.73. The summed E-state index contributed by atoms with van der Waals surface area (Å²) in [7, 11) is 0. The summed E-state index contributed by atoms with van der Waals surface area (Å²) in [6.45, 7) is 6.89. The first kappa shape index (κ1) is 20.6. The molecule has 0 saturated carbocycles. The van der Waals surface area contributed by atoms with Crippen LogP contribution in [0.2, 0.25) is 0 Å². The van der Waals surface area contributed by atoms with Gasteiger partial charge in [0.2, 0.25) is 5.95 Å². The number of halogens is 3. The van der Waals surface area contributed by atoms with Crippen molar-refractivity contribution < 1.29 is 22.6 Å². The molecular formula is C20H23F3N4O2. The fourth-order valence-corrected chi connectivity index (χ4v) is 2.80. The third kappa shape index (κ3) is 5.69. The molecule has 0 fully saturated rings. The molecular weight excluding hydrogens is 385 g/mol. The molecule has 29 heavy (non-hydrogen) atoms. The van der Waals surface area contributed by atoms with Crippen molar-refractivity contribution in [3.05, 3.63) is 42.5 Å². The minimum absolute atomic E-state index is 0.195. The van der Waals surface area contributed by atoms with Gasteiger partial charge >= 0.3 is 6.36 Å². The summed E-state index contributed by atoms with van der Waals surface area (Å²) in [5.41, 5.74) is 7.97. The van der Waals surface area contributed by atoms with Crippen LogP contribution in [-0.4, -0.2) is 28.1 Å². The Kier molecular flexibility index (Phi) is 5.50. The summed E-state index contributed by atoms with van der Waals surface area (Å²) < 4.78 is 48.2. The lowest BCUT2D eigenvalue weighted by molar-refractivity contribution is -0.274. The van der Waals surface area contributed by atoms with Crippen LogP contribution >= 0.6 is 0 Å². The van der Waals surface area contributed by atoms with Crippen LogP contribution in [-0.2, 0) is 6.54 Å². The zero-order valence-electron chi connectivity index (χ0n) is 16.4. The first-order valence-electron chi connectivity index (χ1n) is 9.03. The number of anilines is 2. The molecule has 0 amide bonds. The van der Waals surface area contributed by atoms with Crippen molar-refractivity contribution in [1.82, 2.24) is 9.55 Å². The third-order valence-corrected chi connectivity index (χ3v) is 3.90. The molecule has 6 nitrogen and oxygen atoms in total. The molecule has 9 heteroatoms. The number of aromatic nitrogens is 2. The molecule has 2 aromatic carbocycles. The second-order valence-corrected chi connectivity index (χ2v) is 7.58. The maximum absolute atomic E-state index is 12.2. The Morgan fingerprint density at radius 2 is 1.69 bits per heavy atom. The number of nitrogens with two attached hydrogens (primary N) is 1. The Bertz CT molecular complexity index is 976. The molecule has 1 aromatic heterocycles. The van der Waals surface area contributed by atoms with Gasteiger partial charge in [0.05, 0.1) is 17.6 Å². The van der Waals surface area contributed by atoms with Crippen molar-refractivity contribution in [2.24, 2.45) is 0 Å². The van der Waals surface area contributed by atoms with E-state index in [2.05, 4.69) is 15.0 Å². The van der Waals surface area contributed by atoms with Gasteiger partial charge in [-0.05, 0) is 63.2 Å². The molecule has 3 aromatic rings. The zero-order valence-corrected chi connectivity index (χ0v) is 16.4. The Labute approximate surface area is 166 Å². The van der Waals surface area contributed by atoms with E-state index in [-0.39, 0.29) is 11.3 Å². The van der Waals surface area contributed by atoms with E-state index in [0.29, 0.717) is 30.5 Å². The molecule has 0 spiro atoms. The summed E-state index contributed by atoms with van der Waals surface area (Å²) in [5.74, 6) is 0.842. The molecule has 0 aliphatic carbocycles. The fourth-order valence-electron chi connectivity index (χ4n) is 2.80. The van der Waals surface area contributed by atoms with Crippen molar-refractivity contribution in [2.45, 2.75) is 39.2 Å². The predicted molar refractivity (Wildman–Crippen MR) is 106 cm³/mol. The number of benzene rings is 2. The smallest absolute Gasteiger partial charge is 0.492 e. The molecule has 1 heterocycles. The molecule has 3 N–H and O–H groups in total. The first-order valence-corrected chi connectivity index (χ1v) is 9.03. The zero-order chi connectivity index (χ0) is 21.2. The highest BCUT2D eigenvalue weighted by molar-refractivity contribution is 5.82. The number of fused-ring (bicyclic) bond motifs is 1. The van der Waals surface area contributed by atoms with Gasteiger partial charge in [0, 0.05) is 11.2 Å². The monoisotopic (exact) mass is 408 g/mol. The molecule has 0 aliphatic heterocycles. The summed E-state index contributed by atoms with van der Waals surface area (Å²) in [6.07, 6.45) is -4.72. The maximum Gasteiger partial charge on any atom is 0.573 e. The Balaban J connectivity index is 1.72.